The first kappa shape index (κ1) is 18.8. The molecular weight excluding hydrogens is 316 g/mol. The second-order valence-electron chi connectivity index (χ2n) is 6.04. The van der Waals surface area contributed by atoms with Crippen molar-refractivity contribution in [1.29, 1.82) is 0 Å². The smallest absolute Gasteiger partial charge is 0.282 e. The number of rotatable bonds is 8. The Morgan fingerprint density at radius 2 is 1.68 bits per heavy atom. The third kappa shape index (κ3) is 5.50. The van der Waals surface area contributed by atoms with Crippen molar-refractivity contribution < 1.29 is 19.2 Å². The number of hydrogen-bond donors (Lipinski definition) is 2. The van der Waals surface area contributed by atoms with E-state index in [2.05, 4.69) is 5.32 Å². The Kier molecular flexibility index (Phi) is 6.83. The third-order valence-electron chi connectivity index (χ3n) is 4.21. The van der Waals surface area contributed by atoms with Gasteiger partial charge >= 0.3 is 0 Å². The fourth-order valence-electron chi connectivity index (χ4n) is 2.49. The van der Waals surface area contributed by atoms with Gasteiger partial charge in [0.2, 0.25) is 0 Å². The highest BCUT2D eigenvalue weighted by molar-refractivity contribution is 5.93. The van der Waals surface area contributed by atoms with Crippen molar-refractivity contribution in [1.82, 2.24) is 0 Å². The predicted molar refractivity (Wildman–Crippen MR) is 99.3 cm³/mol. The topological polar surface area (TPSA) is 52.0 Å². The molecule has 0 aliphatic heterocycles. The summed E-state index contributed by atoms with van der Waals surface area (Å²) in [6, 6.07) is 15.2. The van der Waals surface area contributed by atoms with Crippen LogP contribution in [-0.4, -0.2) is 32.7 Å². The van der Waals surface area contributed by atoms with Gasteiger partial charge < -0.3 is 19.7 Å². The fourth-order valence-corrected chi connectivity index (χ4v) is 2.49. The Morgan fingerprint density at radius 1 is 1.08 bits per heavy atom. The Labute approximate surface area is 149 Å². The number of anilines is 1. The molecule has 1 amide bonds. The van der Waals surface area contributed by atoms with Crippen LogP contribution in [0.5, 0.6) is 11.5 Å². The number of nitrogens with one attached hydrogen (secondary N) is 2. The minimum atomic E-state index is -0.173. The van der Waals surface area contributed by atoms with Gasteiger partial charge in [-0.1, -0.05) is 0 Å². The van der Waals surface area contributed by atoms with E-state index in [1.807, 2.05) is 69.4 Å². The molecule has 0 aromatic heterocycles. The Hall–Kier alpha value is -2.53. The van der Waals surface area contributed by atoms with Crippen LogP contribution in [0.25, 0.3) is 0 Å². The summed E-state index contributed by atoms with van der Waals surface area (Å²) in [6.45, 7) is 5.33. The SMILES string of the molecule is CCOc1ccc(C[NH+](C)[C@@H](C)C(=O)Nc2ccc(OC)cc2)cc1. The first-order chi connectivity index (χ1) is 12.0. The van der Waals surface area contributed by atoms with Gasteiger partial charge in [-0.05, 0) is 62.4 Å². The van der Waals surface area contributed by atoms with Gasteiger partial charge in [-0.25, -0.2) is 0 Å². The van der Waals surface area contributed by atoms with Crippen LogP contribution in [0.1, 0.15) is 19.4 Å². The summed E-state index contributed by atoms with van der Waals surface area (Å²) < 4.78 is 10.6. The average Bonchev–Trinajstić information content (AvgIpc) is 2.63. The highest BCUT2D eigenvalue weighted by atomic mass is 16.5. The molecule has 0 fully saturated rings. The molecule has 1 unspecified atom stereocenters. The lowest BCUT2D eigenvalue weighted by Crippen LogP contribution is -3.12. The standard InChI is InChI=1S/C20H26N2O3/c1-5-25-19-10-6-16(7-11-19)14-22(3)15(2)20(23)21-17-8-12-18(24-4)13-9-17/h6-13,15H,5,14H2,1-4H3,(H,21,23)/p+1/t15-/m0/s1. The van der Waals surface area contributed by atoms with Crippen LogP contribution in [-0.2, 0) is 11.3 Å². The van der Waals surface area contributed by atoms with E-state index in [-0.39, 0.29) is 11.9 Å². The van der Waals surface area contributed by atoms with Crippen LogP contribution in [0, 0.1) is 0 Å². The molecule has 0 radical (unpaired) electrons. The van der Waals surface area contributed by atoms with E-state index in [9.17, 15) is 4.79 Å². The van der Waals surface area contributed by atoms with E-state index >= 15 is 0 Å². The lowest BCUT2D eigenvalue weighted by Gasteiger charge is -2.21. The molecule has 2 atom stereocenters. The van der Waals surface area contributed by atoms with Crippen LogP contribution >= 0.6 is 0 Å². The molecule has 0 bridgehead atoms. The summed E-state index contributed by atoms with van der Waals surface area (Å²) in [5.74, 6) is 1.63. The maximum Gasteiger partial charge on any atom is 0.282 e. The zero-order valence-electron chi connectivity index (χ0n) is 15.3. The molecule has 0 saturated carbocycles. The maximum absolute atomic E-state index is 12.5. The van der Waals surface area contributed by atoms with E-state index in [0.717, 1.165) is 28.6 Å². The van der Waals surface area contributed by atoms with E-state index in [0.29, 0.717) is 6.61 Å². The van der Waals surface area contributed by atoms with Gasteiger partial charge in [0.05, 0.1) is 20.8 Å². The van der Waals surface area contributed by atoms with Gasteiger partial charge in [0.1, 0.15) is 18.0 Å². The molecule has 2 N–H and O–H groups in total. The lowest BCUT2D eigenvalue weighted by molar-refractivity contribution is -0.907. The zero-order valence-corrected chi connectivity index (χ0v) is 15.3. The van der Waals surface area contributed by atoms with Crippen molar-refractivity contribution >= 4 is 11.6 Å². The quantitative estimate of drug-likeness (QED) is 0.772. The number of quaternary nitrogens is 1. The van der Waals surface area contributed by atoms with Crippen LogP contribution < -0.4 is 19.7 Å². The van der Waals surface area contributed by atoms with Crippen molar-refractivity contribution in [2.24, 2.45) is 0 Å². The Balaban J connectivity index is 1.91. The van der Waals surface area contributed by atoms with Crippen molar-refractivity contribution in [2.75, 3.05) is 26.1 Å². The number of carbonyl (C=O) groups excluding carboxylic acids is 1. The molecule has 0 aliphatic carbocycles. The first-order valence-electron chi connectivity index (χ1n) is 8.52. The number of hydrogen-bond acceptors (Lipinski definition) is 3. The van der Waals surface area contributed by atoms with Gasteiger partial charge in [-0.2, -0.15) is 0 Å². The molecule has 0 spiro atoms. The molecule has 0 aliphatic rings. The monoisotopic (exact) mass is 343 g/mol. The Morgan fingerprint density at radius 3 is 2.24 bits per heavy atom. The number of methoxy groups -OCH3 is 1. The molecular formula is C20H27N2O3+. The predicted octanol–water partition coefficient (Wildman–Crippen LogP) is 2.14. The summed E-state index contributed by atoms with van der Waals surface area (Å²) in [7, 11) is 3.64. The van der Waals surface area contributed by atoms with E-state index in [4.69, 9.17) is 9.47 Å². The van der Waals surface area contributed by atoms with Crippen LogP contribution in [0.15, 0.2) is 48.5 Å². The second kappa shape index (κ2) is 9.08. The highest BCUT2D eigenvalue weighted by Gasteiger charge is 2.22. The highest BCUT2D eigenvalue weighted by Crippen LogP contribution is 2.15. The molecule has 2 rings (SSSR count). The molecule has 0 heterocycles. The summed E-state index contributed by atoms with van der Waals surface area (Å²) in [4.78, 5) is 13.6. The number of likely N-dealkylation sites (N-methyl/N-ethyl adjacent to an activating group) is 1. The number of carbonyl (C=O) groups is 1. The summed E-state index contributed by atoms with van der Waals surface area (Å²) in [6.07, 6.45) is 0. The lowest BCUT2D eigenvalue weighted by atomic mass is 10.1. The number of amides is 1. The van der Waals surface area contributed by atoms with E-state index < -0.39 is 0 Å². The van der Waals surface area contributed by atoms with Crippen molar-refractivity contribution in [3.05, 3.63) is 54.1 Å². The largest absolute Gasteiger partial charge is 0.497 e. The minimum absolute atomic E-state index is 0.00592. The van der Waals surface area contributed by atoms with Gasteiger partial charge in [-0.3, -0.25) is 4.79 Å². The molecule has 5 heteroatoms. The van der Waals surface area contributed by atoms with E-state index in [1.165, 1.54) is 5.56 Å². The zero-order chi connectivity index (χ0) is 18.2. The molecule has 2 aromatic rings. The molecule has 5 nitrogen and oxygen atoms in total. The Bertz CT molecular complexity index is 668. The summed E-state index contributed by atoms with van der Waals surface area (Å²) >= 11 is 0. The summed E-state index contributed by atoms with van der Waals surface area (Å²) in [5, 5.41) is 2.95. The van der Waals surface area contributed by atoms with Crippen LogP contribution in [0.4, 0.5) is 5.69 Å². The van der Waals surface area contributed by atoms with Crippen molar-refractivity contribution in [3.63, 3.8) is 0 Å². The maximum atomic E-state index is 12.5. The number of benzene rings is 2. The van der Waals surface area contributed by atoms with Gasteiger partial charge in [0, 0.05) is 11.3 Å². The van der Waals surface area contributed by atoms with E-state index in [1.54, 1.807) is 7.11 Å². The third-order valence-corrected chi connectivity index (χ3v) is 4.21. The summed E-state index contributed by atoms with van der Waals surface area (Å²) in [5.41, 5.74) is 1.94. The minimum Gasteiger partial charge on any atom is -0.497 e. The average molecular weight is 343 g/mol. The molecule has 0 saturated heterocycles. The molecule has 25 heavy (non-hydrogen) atoms. The van der Waals surface area contributed by atoms with Gasteiger partial charge in [0.25, 0.3) is 5.91 Å². The van der Waals surface area contributed by atoms with Crippen molar-refractivity contribution in [2.45, 2.75) is 26.4 Å². The van der Waals surface area contributed by atoms with Crippen LogP contribution in [0.2, 0.25) is 0 Å². The fraction of sp³-hybridized carbons (Fsp3) is 0.350. The molecule has 2 aromatic carbocycles. The van der Waals surface area contributed by atoms with Crippen molar-refractivity contribution in [3.8, 4) is 11.5 Å². The van der Waals surface area contributed by atoms with Gasteiger partial charge in [-0.15, -0.1) is 0 Å². The first-order valence-corrected chi connectivity index (χ1v) is 8.52. The number of ether oxygens (including phenoxy) is 2. The molecule has 134 valence electrons. The second-order valence-corrected chi connectivity index (χ2v) is 6.04. The van der Waals surface area contributed by atoms with Crippen LogP contribution in [0.3, 0.4) is 0 Å². The van der Waals surface area contributed by atoms with Gasteiger partial charge in [0.15, 0.2) is 6.04 Å². The normalized spacial score (nSPS) is 13.0.